The largest absolute Gasteiger partial charge is 0.539 e. The molecule has 24 heavy (non-hydrogen) atoms. The summed E-state index contributed by atoms with van der Waals surface area (Å²) in [7, 11) is -0.301. The Kier molecular flexibility index (Phi) is 3.47. The van der Waals surface area contributed by atoms with Gasteiger partial charge in [-0.2, -0.15) is 0 Å². The summed E-state index contributed by atoms with van der Waals surface area (Å²) in [6.45, 7) is 4.58. The van der Waals surface area contributed by atoms with E-state index >= 15 is 0 Å². The molecule has 1 N–H and O–H groups in total. The average molecular weight is 314 g/mol. The Morgan fingerprint density at radius 2 is 1.46 bits per heavy atom. The SMILES string of the molecule is CC1(C)c2ccccc2-c2ccc(-c3ccc(OBO)cc3)cc21. The summed E-state index contributed by atoms with van der Waals surface area (Å²) in [6.07, 6.45) is 0. The second kappa shape index (κ2) is 5.54. The highest BCUT2D eigenvalue weighted by Crippen LogP contribution is 2.49. The van der Waals surface area contributed by atoms with E-state index in [0.29, 0.717) is 5.75 Å². The summed E-state index contributed by atoms with van der Waals surface area (Å²) >= 11 is 0. The van der Waals surface area contributed by atoms with Gasteiger partial charge >= 0.3 is 7.69 Å². The minimum absolute atomic E-state index is 0.0158. The van der Waals surface area contributed by atoms with Crippen LogP contribution in [0.3, 0.4) is 0 Å². The molecule has 0 aliphatic heterocycles. The zero-order valence-electron chi connectivity index (χ0n) is 13.9. The lowest BCUT2D eigenvalue weighted by Crippen LogP contribution is -2.14. The van der Waals surface area contributed by atoms with Gasteiger partial charge in [-0.15, -0.1) is 0 Å². The molecule has 0 heterocycles. The van der Waals surface area contributed by atoms with Crippen LogP contribution in [0.2, 0.25) is 0 Å². The molecule has 3 aromatic rings. The van der Waals surface area contributed by atoms with Crippen molar-refractivity contribution in [2.75, 3.05) is 0 Å². The normalized spacial score (nSPS) is 14.0. The average Bonchev–Trinajstić information content (AvgIpc) is 2.84. The van der Waals surface area contributed by atoms with E-state index in [2.05, 4.69) is 56.3 Å². The molecule has 0 fully saturated rings. The Morgan fingerprint density at radius 1 is 0.792 bits per heavy atom. The van der Waals surface area contributed by atoms with Gasteiger partial charge < -0.3 is 9.68 Å². The van der Waals surface area contributed by atoms with Crippen LogP contribution in [0.25, 0.3) is 22.3 Å². The van der Waals surface area contributed by atoms with E-state index in [1.165, 1.54) is 27.8 Å². The van der Waals surface area contributed by atoms with Crippen LogP contribution in [-0.2, 0) is 5.41 Å². The van der Waals surface area contributed by atoms with Crippen molar-refractivity contribution in [3.8, 4) is 28.0 Å². The van der Waals surface area contributed by atoms with Crippen LogP contribution in [0.5, 0.6) is 5.75 Å². The smallest absolute Gasteiger partial charge is 0.504 e. The predicted molar refractivity (Wildman–Crippen MR) is 99.4 cm³/mol. The molecule has 3 heteroatoms. The van der Waals surface area contributed by atoms with Crippen molar-refractivity contribution in [2.24, 2.45) is 0 Å². The van der Waals surface area contributed by atoms with Crippen molar-refractivity contribution in [2.45, 2.75) is 19.3 Å². The fraction of sp³-hybridized carbons (Fsp3) is 0.143. The molecule has 0 spiro atoms. The van der Waals surface area contributed by atoms with Gasteiger partial charge in [0.1, 0.15) is 5.75 Å². The third kappa shape index (κ3) is 2.24. The molecule has 0 aromatic heterocycles. The van der Waals surface area contributed by atoms with E-state index in [-0.39, 0.29) is 13.1 Å². The van der Waals surface area contributed by atoms with Crippen molar-refractivity contribution in [3.05, 3.63) is 77.9 Å². The van der Waals surface area contributed by atoms with Gasteiger partial charge in [-0.05, 0) is 51.6 Å². The molecule has 0 amide bonds. The molecule has 4 rings (SSSR count). The van der Waals surface area contributed by atoms with Crippen molar-refractivity contribution in [3.63, 3.8) is 0 Å². The van der Waals surface area contributed by atoms with Gasteiger partial charge in [-0.3, -0.25) is 0 Å². The maximum absolute atomic E-state index is 8.83. The molecule has 0 atom stereocenters. The number of hydrogen-bond donors (Lipinski definition) is 1. The highest BCUT2D eigenvalue weighted by atomic mass is 16.5. The van der Waals surface area contributed by atoms with E-state index in [9.17, 15) is 0 Å². The molecule has 1 aliphatic carbocycles. The molecule has 0 saturated heterocycles. The molecule has 0 unspecified atom stereocenters. The zero-order valence-corrected chi connectivity index (χ0v) is 13.9. The van der Waals surface area contributed by atoms with Gasteiger partial charge in [0, 0.05) is 5.41 Å². The van der Waals surface area contributed by atoms with Crippen molar-refractivity contribution < 1.29 is 9.68 Å². The second-order valence-electron chi connectivity index (χ2n) is 6.73. The van der Waals surface area contributed by atoms with Gasteiger partial charge in [0.2, 0.25) is 0 Å². The molecular weight excluding hydrogens is 295 g/mol. The topological polar surface area (TPSA) is 29.5 Å². The minimum Gasteiger partial charge on any atom is -0.539 e. The van der Waals surface area contributed by atoms with E-state index in [4.69, 9.17) is 9.68 Å². The Hall–Kier alpha value is -2.52. The zero-order chi connectivity index (χ0) is 16.7. The Bertz CT molecular complexity index is 898. The summed E-state index contributed by atoms with van der Waals surface area (Å²) in [5, 5.41) is 8.83. The molecule has 3 aromatic carbocycles. The van der Waals surface area contributed by atoms with Gasteiger partial charge in [-0.1, -0.05) is 62.4 Å². The summed E-state index contributed by atoms with van der Waals surface area (Å²) in [6, 6.07) is 23.2. The van der Waals surface area contributed by atoms with Crippen molar-refractivity contribution in [1.29, 1.82) is 0 Å². The van der Waals surface area contributed by atoms with Gasteiger partial charge in [0.05, 0.1) is 0 Å². The van der Waals surface area contributed by atoms with Gasteiger partial charge in [-0.25, -0.2) is 0 Å². The first-order valence-corrected chi connectivity index (χ1v) is 8.20. The summed E-state index contributed by atoms with van der Waals surface area (Å²) in [5.74, 6) is 0.676. The number of rotatable bonds is 3. The monoisotopic (exact) mass is 314 g/mol. The first-order chi connectivity index (χ1) is 11.6. The van der Waals surface area contributed by atoms with Crippen LogP contribution in [-0.4, -0.2) is 12.7 Å². The minimum atomic E-state index is -0.301. The Balaban J connectivity index is 1.79. The van der Waals surface area contributed by atoms with Crippen molar-refractivity contribution in [1.82, 2.24) is 0 Å². The Morgan fingerprint density at radius 3 is 2.21 bits per heavy atom. The standard InChI is InChI=1S/C21H19BO2/c1-21(2)19-6-4-3-5-17(19)18-12-9-15(13-20(18)21)14-7-10-16(11-8-14)24-22-23/h3-13,22-23H,1-2H3. The van der Waals surface area contributed by atoms with Crippen LogP contribution >= 0.6 is 0 Å². The van der Waals surface area contributed by atoms with E-state index < -0.39 is 0 Å². The summed E-state index contributed by atoms with van der Waals surface area (Å²) in [5.41, 5.74) is 7.80. The maximum atomic E-state index is 8.83. The molecule has 0 bridgehead atoms. The highest BCUT2D eigenvalue weighted by Gasteiger charge is 2.35. The number of benzene rings is 3. The van der Waals surface area contributed by atoms with Crippen LogP contribution in [0.1, 0.15) is 25.0 Å². The van der Waals surface area contributed by atoms with Gasteiger partial charge in [0.15, 0.2) is 0 Å². The second-order valence-corrected chi connectivity index (χ2v) is 6.73. The lowest BCUT2D eigenvalue weighted by Gasteiger charge is -2.22. The van der Waals surface area contributed by atoms with E-state index in [0.717, 1.165) is 5.56 Å². The molecule has 2 nitrogen and oxygen atoms in total. The van der Waals surface area contributed by atoms with Crippen LogP contribution in [0.15, 0.2) is 66.7 Å². The maximum Gasteiger partial charge on any atom is 0.504 e. The highest BCUT2D eigenvalue weighted by molar-refractivity contribution is 6.17. The van der Waals surface area contributed by atoms with E-state index in [1.54, 1.807) is 0 Å². The molecule has 0 saturated carbocycles. The fourth-order valence-electron chi connectivity index (χ4n) is 3.70. The fourth-order valence-corrected chi connectivity index (χ4v) is 3.70. The third-order valence-electron chi connectivity index (χ3n) is 5.00. The number of fused-ring (bicyclic) bond motifs is 3. The predicted octanol–water partition coefficient (Wildman–Crippen LogP) is 4.30. The van der Waals surface area contributed by atoms with Crippen molar-refractivity contribution >= 4 is 7.69 Å². The molecular formula is C21H19BO2. The lowest BCUT2D eigenvalue weighted by atomic mass is 9.81. The van der Waals surface area contributed by atoms with E-state index in [1.807, 2.05) is 24.3 Å². The quantitative estimate of drug-likeness (QED) is 0.731. The van der Waals surface area contributed by atoms with Crippen LogP contribution in [0.4, 0.5) is 0 Å². The van der Waals surface area contributed by atoms with Crippen LogP contribution in [0, 0.1) is 0 Å². The summed E-state index contributed by atoms with van der Waals surface area (Å²) in [4.78, 5) is 0. The molecule has 118 valence electrons. The third-order valence-corrected chi connectivity index (χ3v) is 5.00. The first-order valence-electron chi connectivity index (χ1n) is 8.20. The molecule has 1 aliphatic rings. The summed E-state index contributed by atoms with van der Waals surface area (Å²) < 4.78 is 5.10. The molecule has 0 radical (unpaired) electrons. The van der Waals surface area contributed by atoms with Gasteiger partial charge in [0.25, 0.3) is 0 Å². The Labute approximate surface area is 143 Å². The first kappa shape index (κ1) is 15.0. The lowest BCUT2D eigenvalue weighted by molar-refractivity contribution is 0.454. The number of hydrogen-bond acceptors (Lipinski definition) is 2. The van der Waals surface area contributed by atoms with Crippen LogP contribution < -0.4 is 4.65 Å².